The van der Waals surface area contributed by atoms with E-state index in [9.17, 15) is 5.11 Å². The molecule has 6 nitrogen and oxygen atoms in total. The first-order valence-corrected chi connectivity index (χ1v) is 13.5. The average molecular weight is 481 g/mol. The summed E-state index contributed by atoms with van der Waals surface area (Å²) in [6.45, 7) is 2.86. The van der Waals surface area contributed by atoms with Gasteiger partial charge in [-0.25, -0.2) is 9.97 Å². The van der Waals surface area contributed by atoms with Gasteiger partial charge in [0.15, 0.2) is 0 Å². The molecule has 3 N–H and O–H groups in total. The highest BCUT2D eigenvalue weighted by Crippen LogP contribution is 2.48. The molecule has 2 aliphatic rings. The molecule has 0 bridgehead atoms. The van der Waals surface area contributed by atoms with Crippen LogP contribution < -0.4 is 15.4 Å². The summed E-state index contributed by atoms with van der Waals surface area (Å²) in [6, 6.07) is 9.06. The number of rotatable bonds is 8. The molecule has 0 amide bonds. The van der Waals surface area contributed by atoms with Crippen LogP contribution in [0.4, 0.5) is 5.82 Å². The van der Waals surface area contributed by atoms with Gasteiger partial charge in [-0.2, -0.15) is 0 Å². The zero-order chi connectivity index (χ0) is 23.7. The molecule has 5 rings (SSSR count). The Morgan fingerprint density at radius 1 is 1.15 bits per heavy atom. The molecule has 3 aromatic rings. The van der Waals surface area contributed by atoms with E-state index >= 15 is 0 Å². The smallest absolute Gasteiger partial charge is 0.141 e. The number of aromatic nitrogens is 2. The van der Waals surface area contributed by atoms with E-state index in [-0.39, 0.29) is 6.10 Å². The lowest BCUT2D eigenvalue weighted by atomic mass is 9.89. The maximum absolute atomic E-state index is 10.4. The van der Waals surface area contributed by atoms with Crippen molar-refractivity contribution in [3.63, 3.8) is 0 Å². The Bertz CT molecular complexity index is 1110. The Morgan fingerprint density at radius 3 is 2.62 bits per heavy atom. The maximum Gasteiger partial charge on any atom is 0.141 e. The van der Waals surface area contributed by atoms with Gasteiger partial charge in [-0.15, -0.1) is 11.3 Å². The van der Waals surface area contributed by atoms with Crippen LogP contribution in [0.25, 0.3) is 10.2 Å². The van der Waals surface area contributed by atoms with Crippen molar-refractivity contribution >= 4 is 27.4 Å². The second kappa shape index (κ2) is 10.2. The third-order valence-electron chi connectivity index (χ3n) is 7.70. The number of nitrogens with two attached hydrogens (primary N) is 1. The van der Waals surface area contributed by atoms with Crippen molar-refractivity contribution < 1.29 is 9.84 Å². The molecule has 34 heavy (non-hydrogen) atoms. The number of hydrogen-bond donors (Lipinski definition) is 2. The van der Waals surface area contributed by atoms with Gasteiger partial charge in [0.1, 0.15) is 22.7 Å². The minimum absolute atomic E-state index is 0.255. The minimum Gasteiger partial charge on any atom is -0.497 e. The van der Waals surface area contributed by atoms with Crippen LogP contribution in [0.1, 0.15) is 73.8 Å². The van der Waals surface area contributed by atoms with E-state index < -0.39 is 0 Å². The molecule has 0 aliphatic heterocycles. The zero-order valence-corrected chi connectivity index (χ0v) is 21.1. The summed E-state index contributed by atoms with van der Waals surface area (Å²) in [7, 11) is 1.70. The van der Waals surface area contributed by atoms with E-state index in [1.54, 1.807) is 13.4 Å². The molecular formula is C27H36N4O2S. The van der Waals surface area contributed by atoms with Gasteiger partial charge in [-0.05, 0) is 80.5 Å². The van der Waals surface area contributed by atoms with E-state index in [4.69, 9.17) is 15.5 Å². The highest BCUT2D eigenvalue weighted by Gasteiger charge is 2.33. The Kier molecular flexibility index (Phi) is 7.04. The van der Waals surface area contributed by atoms with Gasteiger partial charge < -0.3 is 20.5 Å². The lowest BCUT2D eigenvalue weighted by Crippen LogP contribution is -2.41. The van der Waals surface area contributed by atoms with Gasteiger partial charge in [0.05, 0.1) is 18.6 Å². The normalized spacial score (nSPS) is 23.1. The van der Waals surface area contributed by atoms with Crippen LogP contribution in [0.3, 0.4) is 0 Å². The number of thiophene rings is 1. The Hall–Kier alpha value is -2.22. The quantitative estimate of drug-likeness (QED) is 0.463. The highest BCUT2D eigenvalue weighted by atomic mass is 32.1. The van der Waals surface area contributed by atoms with Gasteiger partial charge in [0.25, 0.3) is 0 Å². The first-order valence-electron chi connectivity index (χ1n) is 12.7. The van der Waals surface area contributed by atoms with E-state index in [1.165, 1.54) is 21.4 Å². The molecule has 0 saturated heterocycles. The standard InChI is InChI=1S/C27H36N4O2S/c1-3-21(32)14-18-6-13-23-24(18)25-26(29-16-30-27(25)34-23)31(20-9-7-19(28)8-10-20)15-17-4-11-22(33-2)12-5-17/h4-5,11-12,16,18-21,32H,3,6-10,13-15,28H2,1-2H3/t18-,19?,20?,21?/m1/s1. The number of nitrogens with zero attached hydrogens (tertiary/aromatic N) is 3. The molecule has 0 radical (unpaired) electrons. The fraction of sp³-hybridized carbons (Fsp3) is 0.556. The Balaban J connectivity index is 1.56. The van der Waals surface area contributed by atoms with Crippen molar-refractivity contribution in [2.75, 3.05) is 12.0 Å². The Labute approximate surface area is 206 Å². The number of ether oxygens (including phenoxy) is 1. The molecule has 1 unspecified atom stereocenters. The van der Waals surface area contributed by atoms with E-state index in [0.717, 1.165) is 74.3 Å². The van der Waals surface area contributed by atoms with Gasteiger partial charge in [0.2, 0.25) is 0 Å². The number of aliphatic hydroxyl groups is 1. The first-order chi connectivity index (χ1) is 16.6. The summed E-state index contributed by atoms with van der Waals surface area (Å²) >= 11 is 1.82. The van der Waals surface area contributed by atoms with Crippen LogP contribution in [-0.2, 0) is 13.0 Å². The number of aliphatic hydroxyl groups excluding tert-OH is 1. The highest BCUT2D eigenvalue weighted by molar-refractivity contribution is 7.19. The molecule has 2 aliphatic carbocycles. The molecule has 2 atom stereocenters. The Morgan fingerprint density at radius 2 is 1.91 bits per heavy atom. The molecule has 1 saturated carbocycles. The maximum atomic E-state index is 10.4. The van der Waals surface area contributed by atoms with Gasteiger partial charge >= 0.3 is 0 Å². The van der Waals surface area contributed by atoms with Crippen LogP contribution in [0.5, 0.6) is 5.75 Å². The monoisotopic (exact) mass is 480 g/mol. The van der Waals surface area contributed by atoms with Crippen LogP contribution in [0.2, 0.25) is 0 Å². The lowest BCUT2D eigenvalue weighted by molar-refractivity contribution is 0.151. The number of anilines is 1. The molecule has 1 aromatic carbocycles. The summed E-state index contributed by atoms with van der Waals surface area (Å²) < 4.78 is 5.37. The fourth-order valence-electron chi connectivity index (χ4n) is 5.72. The summed E-state index contributed by atoms with van der Waals surface area (Å²) in [5.74, 6) is 2.30. The number of hydrogen-bond acceptors (Lipinski definition) is 7. The van der Waals surface area contributed by atoms with Crippen molar-refractivity contribution in [1.82, 2.24) is 9.97 Å². The number of benzene rings is 1. The summed E-state index contributed by atoms with van der Waals surface area (Å²) in [6.07, 6.45) is 9.52. The second-order valence-electron chi connectivity index (χ2n) is 9.89. The van der Waals surface area contributed by atoms with E-state index in [1.807, 2.05) is 23.5 Å². The number of fused-ring (bicyclic) bond motifs is 3. The average Bonchev–Trinajstić information content (AvgIpc) is 3.43. The summed E-state index contributed by atoms with van der Waals surface area (Å²) in [5, 5.41) is 11.7. The van der Waals surface area contributed by atoms with Crippen LogP contribution in [-0.4, -0.2) is 40.4 Å². The van der Waals surface area contributed by atoms with Crippen molar-refractivity contribution in [2.45, 2.75) is 88.9 Å². The van der Waals surface area contributed by atoms with Gasteiger partial charge in [-0.1, -0.05) is 19.1 Å². The van der Waals surface area contributed by atoms with E-state index in [0.29, 0.717) is 18.0 Å². The minimum atomic E-state index is -0.255. The fourth-order valence-corrected chi connectivity index (χ4v) is 6.95. The third-order valence-corrected chi connectivity index (χ3v) is 8.88. The molecular weight excluding hydrogens is 444 g/mol. The van der Waals surface area contributed by atoms with Gasteiger partial charge in [-0.3, -0.25) is 0 Å². The molecule has 7 heteroatoms. The van der Waals surface area contributed by atoms with Crippen molar-refractivity contribution in [2.24, 2.45) is 5.73 Å². The topological polar surface area (TPSA) is 84.5 Å². The summed E-state index contributed by atoms with van der Waals surface area (Å²) in [5.41, 5.74) is 8.91. The van der Waals surface area contributed by atoms with Crippen molar-refractivity contribution in [3.8, 4) is 5.75 Å². The SMILES string of the molecule is CCC(O)C[C@H]1CCc2sc3ncnc(N(Cc4ccc(OC)cc4)C4CCC(N)CC4)c3c21. The largest absolute Gasteiger partial charge is 0.497 e. The summed E-state index contributed by atoms with van der Waals surface area (Å²) in [4.78, 5) is 14.6. The van der Waals surface area contributed by atoms with Crippen LogP contribution >= 0.6 is 11.3 Å². The van der Waals surface area contributed by atoms with Gasteiger partial charge in [0, 0.05) is 23.5 Å². The molecule has 1 fully saturated rings. The molecule has 0 spiro atoms. The number of aryl methyl sites for hydroxylation is 1. The van der Waals surface area contributed by atoms with Crippen LogP contribution in [0, 0.1) is 0 Å². The first kappa shape index (κ1) is 23.5. The molecule has 2 aromatic heterocycles. The number of methoxy groups -OCH3 is 1. The predicted molar refractivity (Wildman–Crippen MR) is 139 cm³/mol. The third kappa shape index (κ3) is 4.66. The van der Waals surface area contributed by atoms with Crippen molar-refractivity contribution in [1.29, 1.82) is 0 Å². The zero-order valence-electron chi connectivity index (χ0n) is 20.2. The molecule has 182 valence electrons. The predicted octanol–water partition coefficient (Wildman–Crippen LogP) is 5.17. The second-order valence-corrected chi connectivity index (χ2v) is 11.0. The van der Waals surface area contributed by atoms with Crippen molar-refractivity contribution in [3.05, 3.63) is 46.6 Å². The van der Waals surface area contributed by atoms with Crippen LogP contribution in [0.15, 0.2) is 30.6 Å². The van der Waals surface area contributed by atoms with E-state index in [2.05, 4.69) is 28.9 Å². The lowest BCUT2D eigenvalue weighted by Gasteiger charge is -2.37. The molecule has 2 heterocycles.